The van der Waals surface area contributed by atoms with Crippen LogP contribution < -0.4 is 9.80 Å². The molecular formula is C40H34F2N8O4. The lowest BCUT2D eigenvalue weighted by Crippen LogP contribution is -2.32. The zero-order valence-electron chi connectivity index (χ0n) is 29.4. The Balaban J connectivity index is 0.000000167. The number of nitrogens with zero attached hydrogens (tertiary/aromatic N) is 8. The molecule has 8 rings (SSSR count). The van der Waals surface area contributed by atoms with E-state index in [0.717, 1.165) is 40.3 Å². The fourth-order valence-electron chi connectivity index (χ4n) is 6.33. The van der Waals surface area contributed by atoms with Crippen molar-refractivity contribution in [3.05, 3.63) is 143 Å². The van der Waals surface area contributed by atoms with Crippen molar-refractivity contribution in [2.45, 2.75) is 25.9 Å². The zero-order chi connectivity index (χ0) is 37.6. The van der Waals surface area contributed by atoms with Gasteiger partial charge in [-0.3, -0.25) is 9.97 Å². The van der Waals surface area contributed by atoms with Gasteiger partial charge in [-0.05, 0) is 60.7 Å². The summed E-state index contributed by atoms with van der Waals surface area (Å²) in [7, 11) is 2.52. The van der Waals surface area contributed by atoms with Crippen LogP contribution in [0.2, 0.25) is 0 Å². The van der Waals surface area contributed by atoms with Crippen LogP contribution in [0.25, 0.3) is 23.0 Å². The average Bonchev–Trinajstić information content (AvgIpc) is 3.23. The second-order valence-electron chi connectivity index (χ2n) is 12.4. The van der Waals surface area contributed by atoms with Gasteiger partial charge in [-0.25, -0.2) is 38.3 Å². The smallest absolute Gasteiger partial charge is 0.340 e. The maximum atomic E-state index is 14.2. The van der Waals surface area contributed by atoms with E-state index in [1.165, 1.54) is 38.5 Å². The summed E-state index contributed by atoms with van der Waals surface area (Å²) in [5, 5.41) is 0. The number of anilines is 2. The van der Waals surface area contributed by atoms with Gasteiger partial charge < -0.3 is 19.3 Å². The number of esters is 2. The van der Waals surface area contributed by atoms with Crippen LogP contribution in [-0.2, 0) is 35.4 Å². The van der Waals surface area contributed by atoms with Gasteiger partial charge in [0.25, 0.3) is 0 Å². The van der Waals surface area contributed by atoms with E-state index in [1.54, 1.807) is 36.9 Å². The van der Waals surface area contributed by atoms with Crippen molar-refractivity contribution in [1.29, 1.82) is 0 Å². The summed E-state index contributed by atoms with van der Waals surface area (Å²) in [4.78, 5) is 54.3. The van der Waals surface area contributed by atoms with E-state index in [4.69, 9.17) is 4.74 Å². The van der Waals surface area contributed by atoms with Crippen molar-refractivity contribution in [2.75, 3.05) is 37.1 Å². The van der Waals surface area contributed by atoms with E-state index in [2.05, 4.69) is 34.6 Å². The van der Waals surface area contributed by atoms with Gasteiger partial charge in [0.1, 0.15) is 23.0 Å². The zero-order valence-corrected chi connectivity index (χ0v) is 29.4. The molecule has 0 unspecified atom stereocenters. The highest BCUT2D eigenvalue weighted by molar-refractivity contribution is 5.96. The van der Waals surface area contributed by atoms with E-state index in [9.17, 15) is 18.4 Å². The molecular weight excluding hydrogens is 694 g/mol. The van der Waals surface area contributed by atoms with E-state index >= 15 is 0 Å². The fourth-order valence-corrected chi connectivity index (χ4v) is 6.33. The predicted molar refractivity (Wildman–Crippen MR) is 196 cm³/mol. The van der Waals surface area contributed by atoms with Gasteiger partial charge in [0.05, 0.1) is 42.4 Å². The number of fused-ring (bicyclic) bond motifs is 2. The Morgan fingerprint density at radius 1 is 0.648 bits per heavy atom. The Morgan fingerprint density at radius 3 is 1.78 bits per heavy atom. The van der Waals surface area contributed by atoms with Crippen LogP contribution in [0.15, 0.2) is 97.6 Å². The molecule has 2 aliphatic heterocycles. The predicted octanol–water partition coefficient (Wildman–Crippen LogP) is 6.05. The molecule has 0 fully saturated rings. The maximum absolute atomic E-state index is 14.2. The molecule has 4 aromatic heterocycles. The molecule has 0 spiro atoms. The number of aromatic nitrogens is 6. The number of hydrogen-bond acceptors (Lipinski definition) is 12. The van der Waals surface area contributed by atoms with Crippen molar-refractivity contribution in [2.24, 2.45) is 0 Å². The van der Waals surface area contributed by atoms with Gasteiger partial charge >= 0.3 is 11.9 Å². The SMILES string of the molecule is COC(=O)c1cc(F)ccc1N1CCc2nc(-c3ccccn3)ncc2C1.COC(=O)c1ccc(N2CCc3nc(-c4ccccn4)ncc3C2)cc1F. The van der Waals surface area contributed by atoms with Gasteiger partial charge in [-0.15, -0.1) is 0 Å². The number of benzene rings is 2. The molecule has 2 aromatic carbocycles. The minimum Gasteiger partial charge on any atom is -0.465 e. The summed E-state index contributed by atoms with van der Waals surface area (Å²) in [6, 6.07) is 19.9. The van der Waals surface area contributed by atoms with Gasteiger partial charge in [-0.2, -0.15) is 0 Å². The van der Waals surface area contributed by atoms with E-state index in [-0.39, 0.29) is 11.1 Å². The standard InChI is InChI=1S/2C20H17FN4O2/c1-27-20(26)15-10-14(21)5-6-18(15)25-9-7-16-13(12-25)11-23-19(24-16)17-4-2-3-8-22-17;1-27-20(26)15-6-5-14(10-16(15)21)25-9-7-17-13(12-25)11-23-19(24-17)18-4-2-3-8-22-18/h2*2-6,8,10-11H,7,9,12H2,1H3. The number of rotatable bonds is 6. The lowest BCUT2D eigenvalue weighted by Gasteiger charge is -2.31. The summed E-state index contributed by atoms with van der Waals surface area (Å²) < 4.78 is 37.2. The molecule has 0 amide bonds. The molecule has 12 nitrogen and oxygen atoms in total. The molecule has 0 atom stereocenters. The first-order chi connectivity index (χ1) is 26.3. The van der Waals surface area contributed by atoms with Gasteiger partial charge in [-0.1, -0.05) is 12.1 Å². The first kappa shape index (κ1) is 35.7. The van der Waals surface area contributed by atoms with E-state index in [0.29, 0.717) is 55.6 Å². The number of methoxy groups -OCH3 is 2. The first-order valence-electron chi connectivity index (χ1n) is 17.1. The van der Waals surface area contributed by atoms with Crippen LogP contribution in [0.3, 0.4) is 0 Å². The summed E-state index contributed by atoms with van der Waals surface area (Å²) in [5.41, 5.74) is 6.88. The third kappa shape index (κ3) is 7.72. The summed E-state index contributed by atoms with van der Waals surface area (Å²) >= 11 is 0. The number of hydrogen-bond donors (Lipinski definition) is 0. The van der Waals surface area contributed by atoms with Crippen LogP contribution in [0.4, 0.5) is 20.2 Å². The van der Waals surface area contributed by atoms with Gasteiger partial charge in [0.2, 0.25) is 0 Å². The van der Waals surface area contributed by atoms with Gasteiger partial charge in [0.15, 0.2) is 11.6 Å². The van der Waals surface area contributed by atoms with Gasteiger partial charge in [0, 0.05) is 80.6 Å². The number of pyridine rings is 2. The van der Waals surface area contributed by atoms with Crippen LogP contribution >= 0.6 is 0 Å². The molecule has 6 heterocycles. The molecule has 0 N–H and O–H groups in total. The molecule has 0 saturated carbocycles. The van der Waals surface area contributed by atoms with Crippen molar-refractivity contribution in [3.8, 4) is 23.0 Å². The minimum absolute atomic E-state index is 0.0676. The topological polar surface area (TPSA) is 136 Å². The van der Waals surface area contributed by atoms with Crippen molar-refractivity contribution in [3.63, 3.8) is 0 Å². The van der Waals surface area contributed by atoms with Crippen LogP contribution in [0.5, 0.6) is 0 Å². The maximum Gasteiger partial charge on any atom is 0.340 e. The average molecular weight is 729 g/mol. The molecule has 0 bridgehead atoms. The number of carbonyl (C=O) groups is 2. The molecule has 0 aliphatic carbocycles. The fraction of sp³-hybridized carbons (Fsp3) is 0.200. The van der Waals surface area contributed by atoms with Crippen LogP contribution in [0, 0.1) is 11.6 Å². The molecule has 272 valence electrons. The Hall–Kier alpha value is -6.70. The summed E-state index contributed by atoms with van der Waals surface area (Å²) in [5.74, 6) is -1.10. The molecule has 0 radical (unpaired) electrons. The monoisotopic (exact) mass is 728 g/mol. The lowest BCUT2D eigenvalue weighted by atomic mass is 10.0. The minimum atomic E-state index is -0.682. The molecule has 54 heavy (non-hydrogen) atoms. The lowest BCUT2D eigenvalue weighted by molar-refractivity contribution is 0.0588. The highest BCUT2D eigenvalue weighted by Gasteiger charge is 2.25. The summed E-state index contributed by atoms with van der Waals surface area (Å²) in [6.07, 6.45) is 8.43. The van der Waals surface area contributed by atoms with Crippen molar-refractivity contribution >= 4 is 23.3 Å². The number of carbonyl (C=O) groups excluding carboxylic acids is 2. The van der Waals surface area contributed by atoms with E-state index < -0.39 is 23.6 Å². The Labute approximate surface area is 309 Å². The highest BCUT2D eigenvalue weighted by atomic mass is 19.1. The van der Waals surface area contributed by atoms with Crippen LogP contribution in [-0.4, -0.2) is 69.2 Å². The highest BCUT2D eigenvalue weighted by Crippen LogP contribution is 2.29. The Bertz CT molecular complexity index is 2310. The van der Waals surface area contributed by atoms with Crippen LogP contribution in [0.1, 0.15) is 43.2 Å². The Morgan fingerprint density at radius 2 is 1.22 bits per heavy atom. The van der Waals surface area contributed by atoms with Crippen molar-refractivity contribution < 1.29 is 27.8 Å². The molecule has 14 heteroatoms. The summed E-state index contributed by atoms with van der Waals surface area (Å²) in [6.45, 7) is 2.46. The third-order valence-corrected chi connectivity index (χ3v) is 9.08. The van der Waals surface area contributed by atoms with Crippen molar-refractivity contribution in [1.82, 2.24) is 29.9 Å². The normalized spacial score (nSPS) is 13.2. The number of halogens is 2. The quantitative estimate of drug-likeness (QED) is 0.185. The molecule has 6 aromatic rings. The molecule has 2 aliphatic rings. The second-order valence-corrected chi connectivity index (χ2v) is 12.4. The first-order valence-corrected chi connectivity index (χ1v) is 17.1. The molecule has 0 saturated heterocycles. The third-order valence-electron chi connectivity index (χ3n) is 9.08. The number of ether oxygens (including phenoxy) is 2. The largest absolute Gasteiger partial charge is 0.465 e. The van der Waals surface area contributed by atoms with E-state index in [1.807, 2.05) is 46.2 Å². The Kier molecular flexibility index (Phi) is 10.5. The second kappa shape index (κ2) is 15.9.